The molecule has 0 aliphatic carbocycles. The van der Waals surface area contributed by atoms with Crippen LogP contribution in [0.1, 0.15) is 30.4 Å². The van der Waals surface area contributed by atoms with Gasteiger partial charge in [0.25, 0.3) is 0 Å². The molecule has 3 rings (SSSR count). The van der Waals surface area contributed by atoms with Gasteiger partial charge in [0.15, 0.2) is 0 Å². The van der Waals surface area contributed by atoms with Gasteiger partial charge in [0.2, 0.25) is 0 Å². The largest absolute Gasteiger partial charge is 0.416 e. The summed E-state index contributed by atoms with van der Waals surface area (Å²) < 4.78 is 42.0. The predicted octanol–water partition coefficient (Wildman–Crippen LogP) is 2.19. The molecule has 1 saturated heterocycles. The summed E-state index contributed by atoms with van der Waals surface area (Å²) in [5.41, 5.74) is 10.3. The van der Waals surface area contributed by atoms with Crippen LogP contribution in [0.4, 0.5) is 19.0 Å². The normalized spacial score (nSPS) is 18.8. The zero-order chi connectivity index (χ0) is 20.3. The van der Waals surface area contributed by atoms with E-state index < -0.39 is 17.4 Å². The lowest BCUT2D eigenvalue weighted by molar-refractivity contribution is -0.138. The smallest absolute Gasteiger partial charge is 0.383 e. The Morgan fingerprint density at radius 1 is 1.18 bits per heavy atom. The second-order valence-corrected chi connectivity index (χ2v) is 7.13. The highest BCUT2D eigenvalue weighted by Gasteiger charge is 2.33. The number of likely N-dealkylation sites (tertiary alicyclic amines) is 1. The third kappa shape index (κ3) is 4.90. The number of nitrogens with zero attached hydrogens (tertiary/aromatic N) is 3. The molecule has 6 nitrogen and oxygen atoms in total. The molecule has 1 aliphatic rings. The Balaban J connectivity index is 1.84. The van der Waals surface area contributed by atoms with Gasteiger partial charge >= 0.3 is 11.9 Å². The van der Waals surface area contributed by atoms with Crippen LogP contribution in [0.2, 0.25) is 0 Å². The number of hydrogen-bond acceptors (Lipinski definition) is 5. The number of aromatic nitrogens is 2. The maximum absolute atomic E-state index is 13.6. The minimum atomic E-state index is -4.52. The lowest BCUT2D eigenvalue weighted by atomic mass is 10.0. The molecule has 0 amide bonds. The molecule has 9 heteroatoms. The maximum Gasteiger partial charge on any atom is 0.416 e. The van der Waals surface area contributed by atoms with Crippen molar-refractivity contribution in [3.05, 3.63) is 52.1 Å². The van der Waals surface area contributed by atoms with Crippen molar-refractivity contribution in [2.24, 2.45) is 5.73 Å². The first kappa shape index (κ1) is 20.3. The van der Waals surface area contributed by atoms with Crippen molar-refractivity contribution in [3.8, 4) is 5.69 Å². The summed E-state index contributed by atoms with van der Waals surface area (Å²) in [6, 6.07) is 5.47. The number of halogens is 3. The lowest BCUT2D eigenvalue weighted by Crippen LogP contribution is -2.29. The van der Waals surface area contributed by atoms with Crippen LogP contribution < -0.4 is 17.2 Å². The molecular formula is C19H24F3N5O. The van der Waals surface area contributed by atoms with Crippen LogP contribution in [-0.2, 0) is 12.6 Å². The summed E-state index contributed by atoms with van der Waals surface area (Å²) >= 11 is 0. The lowest BCUT2D eigenvalue weighted by Gasteiger charge is -2.21. The average molecular weight is 395 g/mol. The second kappa shape index (κ2) is 8.32. The second-order valence-electron chi connectivity index (χ2n) is 7.13. The van der Waals surface area contributed by atoms with Gasteiger partial charge in [-0.25, -0.2) is 4.79 Å². The minimum Gasteiger partial charge on any atom is -0.383 e. The van der Waals surface area contributed by atoms with E-state index in [-0.39, 0.29) is 29.5 Å². The Kier molecular flexibility index (Phi) is 6.04. The van der Waals surface area contributed by atoms with Crippen molar-refractivity contribution in [2.75, 3.05) is 25.4 Å². The molecule has 1 fully saturated rings. The molecular weight excluding hydrogens is 371 g/mol. The van der Waals surface area contributed by atoms with E-state index in [1.807, 2.05) is 0 Å². The number of benzene rings is 1. The van der Waals surface area contributed by atoms with Crippen LogP contribution in [0.3, 0.4) is 0 Å². The van der Waals surface area contributed by atoms with Gasteiger partial charge in [-0.15, -0.1) is 0 Å². The minimum absolute atomic E-state index is 0.0195. The van der Waals surface area contributed by atoms with Gasteiger partial charge in [0.05, 0.1) is 11.3 Å². The van der Waals surface area contributed by atoms with Crippen molar-refractivity contribution < 1.29 is 13.2 Å². The third-order valence-electron chi connectivity index (χ3n) is 5.06. The summed E-state index contributed by atoms with van der Waals surface area (Å²) in [5.74, 6) is 0.0195. The van der Waals surface area contributed by atoms with Crippen LogP contribution in [-0.4, -0.2) is 40.1 Å². The molecule has 1 unspecified atom stereocenters. The first-order valence-electron chi connectivity index (χ1n) is 9.27. The van der Waals surface area contributed by atoms with Gasteiger partial charge in [0.1, 0.15) is 5.82 Å². The molecule has 152 valence electrons. The molecule has 0 spiro atoms. The van der Waals surface area contributed by atoms with Crippen molar-refractivity contribution in [1.82, 2.24) is 14.5 Å². The first-order chi connectivity index (χ1) is 13.2. The van der Waals surface area contributed by atoms with E-state index in [0.29, 0.717) is 6.54 Å². The maximum atomic E-state index is 13.6. The fourth-order valence-corrected chi connectivity index (χ4v) is 3.49. The van der Waals surface area contributed by atoms with Crippen molar-refractivity contribution >= 4 is 5.82 Å². The summed E-state index contributed by atoms with van der Waals surface area (Å²) in [6.45, 7) is 2.19. The zero-order valence-corrected chi connectivity index (χ0v) is 15.5. The summed E-state index contributed by atoms with van der Waals surface area (Å²) in [5, 5.41) is 0. The van der Waals surface area contributed by atoms with E-state index >= 15 is 0 Å². The standard InChI is InChI=1S/C19H24F3N5O/c20-19(21,22)16-12-15(27-11-7-17(24)25-18(27)28)4-3-13(16)5-9-26-8-1-2-14(23)6-10-26/h3-4,7,11-12,14H,1-2,5-6,8-10,23H2,(H2,24,25,28). The molecule has 2 aromatic rings. The van der Waals surface area contributed by atoms with Crippen LogP contribution in [0.5, 0.6) is 0 Å². The van der Waals surface area contributed by atoms with Gasteiger partial charge in [-0.3, -0.25) is 4.57 Å². The van der Waals surface area contributed by atoms with E-state index in [9.17, 15) is 18.0 Å². The van der Waals surface area contributed by atoms with Crippen molar-refractivity contribution in [2.45, 2.75) is 37.9 Å². The third-order valence-corrected chi connectivity index (χ3v) is 5.06. The van der Waals surface area contributed by atoms with Crippen LogP contribution in [0.25, 0.3) is 5.69 Å². The number of anilines is 1. The van der Waals surface area contributed by atoms with E-state index in [2.05, 4.69) is 9.88 Å². The zero-order valence-electron chi connectivity index (χ0n) is 15.5. The topological polar surface area (TPSA) is 90.2 Å². The Hall–Kier alpha value is -2.39. The molecule has 0 bridgehead atoms. The predicted molar refractivity (Wildman–Crippen MR) is 101 cm³/mol. The molecule has 1 aliphatic heterocycles. The van der Waals surface area contributed by atoms with E-state index in [1.165, 1.54) is 24.4 Å². The number of hydrogen-bond donors (Lipinski definition) is 2. The summed E-state index contributed by atoms with van der Waals surface area (Å²) in [4.78, 5) is 17.7. The summed E-state index contributed by atoms with van der Waals surface area (Å²) in [7, 11) is 0. The Labute approximate surface area is 161 Å². The highest BCUT2D eigenvalue weighted by Crippen LogP contribution is 2.33. The SMILES string of the molecule is Nc1ccn(-c2ccc(CCN3CCCC(N)CC3)c(C(F)(F)F)c2)c(=O)n1. The molecule has 1 atom stereocenters. The molecule has 1 aromatic carbocycles. The van der Waals surface area contributed by atoms with Gasteiger partial charge < -0.3 is 16.4 Å². The van der Waals surface area contributed by atoms with Crippen molar-refractivity contribution in [3.63, 3.8) is 0 Å². The molecule has 0 radical (unpaired) electrons. The highest BCUT2D eigenvalue weighted by atomic mass is 19.4. The van der Waals surface area contributed by atoms with E-state index in [1.54, 1.807) is 0 Å². The Morgan fingerprint density at radius 3 is 2.68 bits per heavy atom. The highest BCUT2D eigenvalue weighted by molar-refractivity contribution is 5.43. The molecule has 4 N–H and O–H groups in total. The molecule has 0 saturated carbocycles. The Bertz CT molecular complexity index is 881. The fourth-order valence-electron chi connectivity index (χ4n) is 3.49. The van der Waals surface area contributed by atoms with E-state index in [4.69, 9.17) is 11.5 Å². The number of rotatable bonds is 4. The summed E-state index contributed by atoms with van der Waals surface area (Å²) in [6.07, 6.45) is -0.155. The van der Waals surface area contributed by atoms with Gasteiger partial charge in [-0.1, -0.05) is 6.07 Å². The molecule has 1 aromatic heterocycles. The molecule has 2 heterocycles. The van der Waals surface area contributed by atoms with Crippen LogP contribution in [0, 0.1) is 0 Å². The van der Waals surface area contributed by atoms with Crippen LogP contribution in [0.15, 0.2) is 35.3 Å². The number of nitrogen functional groups attached to an aromatic ring is 1. The van der Waals surface area contributed by atoms with E-state index in [0.717, 1.165) is 43.0 Å². The van der Waals surface area contributed by atoms with Gasteiger partial charge in [0, 0.05) is 18.8 Å². The molecule has 28 heavy (non-hydrogen) atoms. The van der Waals surface area contributed by atoms with Gasteiger partial charge in [-0.2, -0.15) is 18.2 Å². The number of nitrogens with two attached hydrogens (primary N) is 2. The Morgan fingerprint density at radius 2 is 1.96 bits per heavy atom. The van der Waals surface area contributed by atoms with Crippen LogP contribution >= 0.6 is 0 Å². The average Bonchev–Trinajstić information content (AvgIpc) is 2.83. The van der Waals surface area contributed by atoms with Crippen molar-refractivity contribution in [1.29, 1.82) is 0 Å². The monoisotopic (exact) mass is 395 g/mol. The van der Waals surface area contributed by atoms with Gasteiger partial charge in [-0.05, 0) is 62.5 Å². The quantitative estimate of drug-likeness (QED) is 0.828. The fraction of sp³-hybridized carbons (Fsp3) is 0.474. The first-order valence-corrected chi connectivity index (χ1v) is 9.27. The number of alkyl halides is 3.